The van der Waals surface area contributed by atoms with E-state index in [0.29, 0.717) is 12.0 Å². The van der Waals surface area contributed by atoms with Crippen LogP contribution >= 0.6 is 0 Å². The molecule has 1 aromatic rings. The fraction of sp³-hybridized carbons (Fsp3) is 0.702. The molecule has 17 atom stereocenters. The van der Waals surface area contributed by atoms with E-state index in [1.165, 1.54) is 20.3 Å². The molecule has 4 aliphatic rings. The first-order valence-electron chi connectivity index (χ1n) is 22.4. The summed E-state index contributed by atoms with van der Waals surface area (Å²) in [6, 6.07) is 5.76. The molecule has 0 bridgehead atoms. The average molecular weight is 903 g/mol. The van der Waals surface area contributed by atoms with E-state index in [1.54, 1.807) is 77.0 Å². The zero-order chi connectivity index (χ0) is 47.2. The normalized spacial score (nSPS) is 39.6. The summed E-state index contributed by atoms with van der Waals surface area (Å²) in [5.41, 5.74) is 1.25. The first-order chi connectivity index (χ1) is 30.3. The Morgan fingerprint density at radius 1 is 0.812 bits per heavy atom. The molecule has 17 heteroatoms. The van der Waals surface area contributed by atoms with Crippen molar-refractivity contribution >= 4 is 23.6 Å². The summed E-state index contributed by atoms with van der Waals surface area (Å²) >= 11 is 0. The van der Waals surface area contributed by atoms with Crippen molar-refractivity contribution in [1.82, 2.24) is 9.80 Å². The van der Waals surface area contributed by atoms with Crippen molar-refractivity contribution in [3.8, 4) is 0 Å². The van der Waals surface area contributed by atoms with Crippen molar-refractivity contribution in [2.24, 2.45) is 23.7 Å². The van der Waals surface area contributed by atoms with Gasteiger partial charge in [-0.2, -0.15) is 0 Å². The Morgan fingerprint density at radius 3 is 2.02 bits per heavy atom. The van der Waals surface area contributed by atoms with Crippen LogP contribution in [0, 0.1) is 23.7 Å². The third kappa shape index (κ3) is 11.7. The number of carbonyl (C=O) groups excluding carboxylic acids is 4. The van der Waals surface area contributed by atoms with E-state index in [0.717, 1.165) is 4.90 Å². The number of fused-ring (bicyclic) bond motifs is 1. The molecular weight excluding hydrogens is 833 g/mol. The van der Waals surface area contributed by atoms with Crippen molar-refractivity contribution < 1.29 is 72.8 Å². The molecule has 4 heterocycles. The zero-order valence-electron chi connectivity index (χ0n) is 38.8. The van der Waals surface area contributed by atoms with Crippen LogP contribution in [0.4, 0.5) is 0 Å². The van der Waals surface area contributed by atoms with Crippen molar-refractivity contribution in [3.05, 3.63) is 59.2 Å². The number of amides is 2. The minimum absolute atomic E-state index is 0.0144. The molecule has 5 rings (SSSR count). The number of rotatable bonds is 12. The van der Waals surface area contributed by atoms with Crippen LogP contribution in [-0.4, -0.2) is 175 Å². The Labute approximate surface area is 376 Å². The molecule has 0 aliphatic carbocycles. The van der Waals surface area contributed by atoms with Gasteiger partial charge in [0.05, 0.1) is 60.7 Å². The third-order valence-corrected chi connectivity index (χ3v) is 13.3. The number of aliphatic hydroxyl groups is 4. The van der Waals surface area contributed by atoms with Gasteiger partial charge in [-0.3, -0.25) is 24.1 Å². The number of hydrogen-bond donors (Lipinski definition) is 4. The molecule has 64 heavy (non-hydrogen) atoms. The predicted octanol–water partition coefficient (Wildman–Crippen LogP) is 2.66. The minimum atomic E-state index is -1.38. The molecule has 2 amide bonds. The van der Waals surface area contributed by atoms with Gasteiger partial charge in [-0.05, 0) is 78.3 Å². The second-order valence-electron chi connectivity index (χ2n) is 18.1. The number of likely N-dealkylation sites (N-methyl/N-ethyl adjacent to an activating group) is 1. The van der Waals surface area contributed by atoms with Gasteiger partial charge in [0.1, 0.15) is 30.5 Å². The highest BCUT2D eigenvalue weighted by Crippen LogP contribution is 2.36. The maximum Gasteiger partial charge on any atom is 0.308 e. The van der Waals surface area contributed by atoms with Gasteiger partial charge in [-0.25, -0.2) is 0 Å². The lowest BCUT2D eigenvalue weighted by molar-refractivity contribution is -0.304. The Balaban J connectivity index is 1.48. The maximum atomic E-state index is 14.0. The van der Waals surface area contributed by atoms with Gasteiger partial charge in [-0.15, -0.1) is 0 Å². The molecule has 2 saturated heterocycles. The van der Waals surface area contributed by atoms with Crippen LogP contribution in [0.2, 0.25) is 0 Å². The summed E-state index contributed by atoms with van der Waals surface area (Å²) in [5.74, 6) is -4.56. The number of nitrogens with zero attached hydrogens (tertiary/aromatic N) is 2. The zero-order valence-corrected chi connectivity index (χ0v) is 38.8. The van der Waals surface area contributed by atoms with E-state index in [4.69, 9.17) is 33.2 Å². The lowest BCUT2D eigenvalue weighted by atomic mass is 9.79. The van der Waals surface area contributed by atoms with Crippen molar-refractivity contribution in [2.75, 3.05) is 41.5 Å². The van der Waals surface area contributed by atoms with E-state index in [1.807, 2.05) is 19.9 Å². The quantitative estimate of drug-likeness (QED) is 0.175. The lowest BCUT2D eigenvalue weighted by Gasteiger charge is -2.46. The summed E-state index contributed by atoms with van der Waals surface area (Å²) in [5, 5.41) is 45.2. The van der Waals surface area contributed by atoms with Gasteiger partial charge < -0.3 is 58.5 Å². The van der Waals surface area contributed by atoms with Crippen LogP contribution in [0.3, 0.4) is 0 Å². The fourth-order valence-electron chi connectivity index (χ4n) is 9.42. The maximum absolute atomic E-state index is 14.0. The Bertz CT molecular complexity index is 1790. The monoisotopic (exact) mass is 902 g/mol. The average Bonchev–Trinajstić information content (AvgIpc) is 3.50. The highest BCUT2D eigenvalue weighted by Gasteiger charge is 2.48. The molecule has 4 aliphatic heterocycles. The number of allylic oxidation sites excluding steroid dienone is 3. The topological polar surface area (TPSA) is 220 Å². The van der Waals surface area contributed by atoms with Gasteiger partial charge >= 0.3 is 5.97 Å². The van der Waals surface area contributed by atoms with Crippen LogP contribution in [0.5, 0.6) is 0 Å². The molecule has 0 radical (unpaired) electrons. The van der Waals surface area contributed by atoms with E-state index in [9.17, 15) is 39.6 Å². The largest absolute Gasteiger partial charge is 0.462 e. The van der Waals surface area contributed by atoms with Gasteiger partial charge in [-0.1, -0.05) is 50.6 Å². The lowest BCUT2D eigenvalue weighted by Crippen LogP contribution is -2.63. The Hall–Kier alpha value is -3.46. The SMILES string of the molecule is CC[C@H]1OC(=O)C[C@@H](O)[C@H](C)[C@@H](O[C@@H]2O[C@H](C)[C@@H](O)[C@H](N(C)C)[C@H]2O)[C@@H](CCN2C(=O)c3ccccc3C2=O)C[C@@H](C)C(=O)/C=C/C(C)=C/[C@@H]1CO[C@@H]1O[C@H](C)[C@@H](O)[C@@H](OC)[C@H]1OC. The number of ketones is 1. The number of imide groups is 1. The number of esters is 1. The van der Waals surface area contributed by atoms with Crippen molar-refractivity contribution in [3.63, 3.8) is 0 Å². The van der Waals surface area contributed by atoms with Crippen LogP contribution < -0.4 is 0 Å². The van der Waals surface area contributed by atoms with Crippen LogP contribution in [-0.2, 0) is 42.7 Å². The summed E-state index contributed by atoms with van der Waals surface area (Å²) in [6.45, 7) is 10.4. The summed E-state index contributed by atoms with van der Waals surface area (Å²) < 4.78 is 42.3. The number of carbonyl (C=O) groups is 4. The summed E-state index contributed by atoms with van der Waals surface area (Å²) in [4.78, 5) is 57.7. The molecule has 0 unspecified atom stereocenters. The molecule has 1 aromatic carbocycles. The number of benzene rings is 1. The summed E-state index contributed by atoms with van der Waals surface area (Å²) in [7, 11) is 6.35. The first-order valence-corrected chi connectivity index (χ1v) is 22.4. The molecule has 0 saturated carbocycles. The van der Waals surface area contributed by atoms with Crippen LogP contribution in [0.1, 0.15) is 87.9 Å². The number of aliphatic hydroxyl groups excluding tert-OH is 4. The summed E-state index contributed by atoms with van der Waals surface area (Å²) in [6.07, 6.45) is -6.56. The second kappa shape index (κ2) is 22.8. The minimum Gasteiger partial charge on any atom is -0.462 e. The van der Waals surface area contributed by atoms with Gasteiger partial charge in [0.15, 0.2) is 18.4 Å². The van der Waals surface area contributed by atoms with Crippen molar-refractivity contribution in [1.29, 1.82) is 0 Å². The highest BCUT2D eigenvalue weighted by molar-refractivity contribution is 6.21. The van der Waals surface area contributed by atoms with Gasteiger partial charge in [0.25, 0.3) is 11.8 Å². The smallest absolute Gasteiger partial charge is 0.308 e. The van der Waals surface area contributed by atoms with E-state index in [2.05, 4.69) is 0 Å². The molecular formula is C47H70N2O15. The van der Waals surface area contributed by atoms with Crippen LogP contribution in [0.25, 0.3) is 0 Å². The molecule has 2 fully saturated rings. The van der Waals surface area contributed by atoms with Crippen LogP contribution in [0.15, 0.2) is 48.1 Å². The molecule has 0 spiro atoms. The first kappa shape index (κ1) is 51.5. The predicted molar refractivity (Wildman–Crippen MR) is 232 cm³/mol. The number of ether oxygens (including phenoxy) is 7. The second-order valence-corrected chi connectivity index (χ2v) is 18.1. The van der Waals surface area contributed by atoms with E-state index >= 15 is 0 Å². The standard InChI is InChI=1S/C47H70N2O15/c1-11-35-30(23-60-47-43(59-10)42(58-9)39(54)28(6)62-47)20-24(2)16-17-33(50)25(3)21-29(18-19-49-44(56)31-14-12-13-15-32(31)45(49)57)41(26(4)34(51)22-36(52)63-35)64-46-40(55)37(48(7)8)38(53)27(5)61-46/h12-17,20,25-30,34-35,37-43,46-47,51,53-55H,11,18-19,21-23H2,1-10H3/b17-16+,24-20+/t25-,26+,27-,28-,29+,30-,34-,35-,37+,38-,39-,40-,41-,42-,43-,46+,47-/m1/s1. The van der Waals surface area contributed by atoms with Crippen molar-refractivity contribution in [2.45, 2.75) is 147 Å². The highest BCUT2D eigenvalue weighted by atomic mass is 16.7. The third-order valence-electron chi connectivity index (χ3n) is 13.3. The molecule has 0 aromatic heterocycles. The molecule has 4 N–H and O–H groups in total. The number of hydrogen-bond acceptors (Lipinski definition) is 16. The Kier molecular flexibility index (Phi) is 18.4. The van der Waals surface area contributed by atoms with Gasteiger partial charge in [0, 0.05) is 38.5 Å². The number of cyclic esters (lactones) is 1. The van der Waals surface area contributed by atoms with Gasteiger partial charge in [0.2, 0.25) is 0 Å². The molecule has 358 valence electrons. The Morgan fingerprint density at radius 2 is 1.42 bits per heavy atom. The van der Waals surface area contributed by atoms with E-state index < -0.39 is 128 Å². The van der Waals surface area contributed by atoms with E-state index in [-0.39, 0.29) is 42.9 Å². The number of methoxy groups -OCH3 is 2. The molecule has 17 nitrogen and oxygen atoms in total. The fourth-order valence-corrected chi connectivity index (χ4v) is 9.42.